The maximum atomic E-state index is 13.6. The van der Waals surface area contributed by atoms with Crippen LogP contribution >= 0.6 is 0 Å². The number of benzene rings is 3. The van der Waals surface area contributed by atoms with Crippen LogP contribution in [0.25, 0.3) is 11.1 Å². The van der Waals surface area contributed by atoms with Gasteiger partial charge < -0.3 is 24.5 Å². The van der Waals surface area contributed by atoms with Gasteiger partial charge in [0, 0.05) is 12.3 Å². The van der Waals surface area contributed by atoms with E-state index < -0.39 is 38.4 Å². The maximum absolute atomic E-state index is 13.6. The molecule has 0 radical (unpaired) electrons. The molecular formula is C34H42N2O6Si. The predicted molar refractivity (Wildman–Crippen MR) is 169 cm³/mol. The summed E-state index contributed by atoms with van der Waals surface area (Å²) in [5.74, 6) is -1.27. The van der Waals surface area contributed by atoms with Crippen LogP contribution < -0.4 is 10.6 Å². The van der Waals surface area contributed by atoms with E-state index in [1.54, 1.807) is 0 Å². The highest BCUT2D eigenvalue weighted by atomic mass is 28.4. The third kappa shape index (κ3) is 7.72. The average Bonchev–Trinajstić information content (AvgIpc) is 3.31. The van der Waals surface area contributed by atoms with Gasteiger partial charge in [-0.05, 0) is 45.9 Å². The molecule has 43 heavy (non-hydrogen) atoms. The molecule has 0 heterocycles. The second-order valence-corrected chi connectivity index (χ2v) is 17.2. The van der Waals surface area contributed by atoms with Gasteiger partial charge in [-0.25, -0.2) is 9.59 Å². The number of fused-ring (bicyclic) bond motifs is 3. The number of alkyl carbamates (subject to hydrolysis) is 1. The molecule has 0 aliphatic heterocycles. The maximum Gasteiger partial charge on any atom is 0.407 e. The molecule has 2 amide bonds. The van der Waals surface area contributed by atoms with Crippen molar-refractivity contribution >= 4 is 26.3 Å². The molecule has 0 unspecified atom stereocenters. The lowest BCUT2D eigenvalue weighted by atomic mass is 9.98. The minimum atomic E-state index is -2.21. The number of carbonyl (C=O) groups is 3. The van der Waals surface area contributed by atoms with E-state index in [2.05, 4.69) is 56.6 Å². The first-order valence-corrected chi connectivity index (χ1v) is 17.5. The molecule has 0 spiro atoms. The van der Waals surface area contributed by atoms with E-state index in [1.807, 2.05) is 66.7 Å². The number of rotatable bonds is 11. The summed E-state index contributed by atoms with van der Waals surface area (Å²) in [6.45, 7) is 10.5. The first kappa shape index (κ1) is 32.0. The lowest BCUT2D eigenvalue weighted by Gasteiger charge is -2.37. The number of hydrogen-bond donors (Lipinski definition) is 2. The Morgan fingerprint density at radius 3 is 1.93 bits per heavy atom. The Morgan fingerprint density at radius 1 is 0.814 bits per heavy atom. The summed E-state index contributed by atoms with van der Waals surface area (Å²) in [6, 6.07) is 23.5. The molecule has 3 aromatic rings. The van der Waals surface area contributed by atoms with Gasteiger partial charge in [0.15, 0.2) is 8.32 Å². The number of methoxy groups -OCH3 is 1. The van der Waals surface area contributed by atoms with Gasteiger partial charge in [0.1, 0.15) is 18.7 Å². The standard InChI is InChI=1S/C34H42N2O6Si/c1-34(2,3)43(5,6)42-22-30(32(38)40-4)35-31(37)29(20-23-14-8-7-9-15-23)36-33(39)41-21-28-26-18-12-10-16-24(26)25-17-11-13-19-27(25)28/h7-19,28-30H,20-22H2,1-6H3,(H,35,37)(H,36,39)/t29-,30-/m0/s1. The van der Waals surface area contributed by atoms with Gasteiger partial charge in [-0.15, -0.1) is 0 Å². The summed E-state index contributed by atoms with van der Waals surface area (Å²) >= 11 is 0. The number of amides is 2. The number of hydrogen-bond acceptors (Lipinski definition) is 6. The van der Waals surface area contributed by atoms with Crippen LogP contribution in [0.3, 0.4) is 0 Å². The summed E-state index contributed by atoms with van der Waals surface area (Å²) in [5, 5.41) is 5.41. The van der Waals surface area contributed by atoms with E-state index in [0.29, 0.717) is 0 Å². The van der Waals surface area contributed by atoms with Crippen LogP contribution in [0, 0.1) is 0 Å². The SMILES string of the molecule is COC(=O)[C@H](CO[Si](C)(C)C(C)(C)C)NC(=O)[C@H](Cc1ccccc1)NC(=O)OCC1c2ccccc2-c2ccccc21. The third-order valence-corrected chi connectivity index (χ3v) is 13.0. The molecule has 2 atom stereocenters. The van der Waals surface area contributed by atoms with Crippen molar-refractivity contribution in [3.8, 4) is 11.1 Å². The smallest absolute Gasteiger partial charge is 0.407 e. The molecule has 3 aromatic carbocycles. The predicted octanol–water partition coefficient (Wildman–Crippen LogP) is 5.82. The van der Waals surface area contributed by atoms with Gasteiger partial charge in [-0.1, -0.05) is 99.6 Å². The number of esters is 1. The molecule has 9 heteroatoms. The van der Waals surface area contributed by atoms with Crippen LogP contribution in [0.1, 0.15) is 43.4 Å². The minimum absolute atomic E-state index is 0.0299. The van der Waals surface area contributed by atoms with Crippen molar-refractivity contribution in [2.24, 2.45) is 0 Å². The van der Waals surface area contributed by atoms with E-state index in [4.69, 9.17) is 13.9 Å². The van der Waals surface area contributed by atoms with Crippen LogP contribution in [-0.2, 0) is 29.9 Å². The fourth-order valence-electron chi connectivity index (χ4n) is 4.93. The van der Waals surface area contributed by atoms with E-state index in [-0.39, 0.29) is 30.6 Å². The second kappa shape index (κ2) is 13.6. The van der Waals surface area contributed by atoms with Crippen LogP contribution in [0.5, 0.6) is 0 Å². The van der Waals surface area contributed by atoms with Crippen molar-refractivity contribution in [1.82, 2.24) is 10.6 Å². The van der Waals surface area contributed by atoms with Crippen molar-refractivity contribution < 1.29 is 28.3 Å². The molecule has 4 rings (SSSR count). The van der Waals surface area contributed by atoms with E-state index in [0.717, 1.165) is 27.8 Å². The van der Waals surface area contributed by atoms with Crippen molar-refractivity contribution in [2.75, 3.05) is 20.3 Å². The van der Waals surface area contributed by atoms with Crippen LogP contribution in [0.2, 0.25) is 18.1 Å². The Labute approximate surface area is 255 Å². The topological polar surface area (TPSA) is 103 Å². The molecule has 8 nitrogen and oxygen atoms in total. The molecule has 0 aromatic heterocycles. The quantitative estimate of drug-likeness (QED) is 0.212. The molecule has 2 N–H and O–H groups in total. The van der Waals surface area contributed by atoms with Crippen molar-refractivity contribution in [3.05, 3.63) is 95.6 Å². The van der Waals surface area contributed by atoms with Gasteiger partial charge in [0.05, 0.1) is 13.7 Å². The van der Waals surface area contributed by atoms with Gasteiger partial charge in [0.25, 0.3) is 0 Å². The lowest BCUT2D eigenvalue weighted by molar-refractivity contribution is -0.146. The van der Waals surface area contributed by atoms with Crippen molar-refractivity contribution in [2.45, 2.75) is 63.3 Å². The van der Waals surface area contributed by atoms with Crippen LogP contribution in [-0.4, -0.2) is 58.7 Å². The van der Waals surface area contributed by atoms with Gasteiger partial charge in [0.2, 0.25) is 5.91 Å². The molecule has 0 saturated heterocycles. The molecule has 0 saturated carbocycles. The first-order chi connectivity index (χ1) is 20.4. The highest BCUT2D eigenvalue weighted by Gasteiger charge is 2.39. The minimum Gasteiger partial charge on any atom is -0.467 e. The van der Waals surface area contributed by atoms with Crippen molar-refractivity contribution in [3.63, 3.8) is 0 Å². The number of nitrogens with one attached hydrogen (secondary N) is 2. The normalized spacial score (nSPS) is 14.2. The Kier molecular flexibility index (Phi) is 10.1. The summed E-state index contributed by atoms with van der Waals surface area (Å²) in [6.07, 6.45) is -0.515. The van der Waals surface area contributed by atoms with E-state index in [9.17, 15) is 14.4 Å². The summed E-state index contributed by atoms with van der Waals surface area (Å²) in [7, 11) is -0.947. The van der Waals surface area contributed by atoms with E-state index >= 15 is 0 Å². The van der Waals surface area contributed by atoms with Gasteiger partial charge in [-0.2, -0.15) is 0 Å². The zero-order chi connectivity index (χ0) is 31.2. The summed E-state index contributed by atoms with van der Waals surface area (Å²) in [4.78, 5) is 39.4. The second-order valence-electron chi connectivity index (χ2n) is 12.4. The molecule has 1 aliphatic carbocycles. The van der Waals surface area contributed by atoms with Crippen LogP contribution in [0.15, 0.2) is 78.9 Å². The van der Waals surface area contributed by atoms with E-state index in [1.165, 1.54) is 7.11 Å². The highest BCUT2D eigenvalue weighted by molar-refractivity contribution is 6.74. The Morgan fingerprint density at radius 2 is 1.37 bits per heavy atom. The molecule has 1 aliphatic rings. The Balaban J connectivity index is 1.47. The Hall–Kier alpha value is -3.95. The largest absolute Gasteiger partial charge is 0.467 e. The third-order valence-electron chi connectivity index (χ3n) is 8.45. The van der Waals surface area contributed by atoms with Crippen molar-refractivity contribution in [1.29, 1.82) is 0 Å². The summed E-state index contributed by atoms with van der Waals surface area (Å²) < 4.78 is 16.9. The zero-order valence-corrected chi connectivity index (χ0v) is 26.8. The Bertz CT molecular complexity index is 1390. The molecule has 0 fully saturated rings. The molecule has 0 bridgehead atoms. The highest BCUT2D eigenvalue weighted by Crippen LogP contribution is 2.44. The number of carbonyl (C=O) groups excluding carboxylic acids is 3. The fourth-order valence-corrected chi connectivity index (χ4v) is 5.95. The average molecular weight is 603 g/mol. The molecular weight excluding hydrogens is 560 g/mol. The number of ether oxygens (including phenoxy) is 2. The van der Waals surface area contributed by atoms with Gasteiger partial charge >= 0.3 is 12.1 Å². The van der Waals surface area contributed by atoms with Gasteiger partial charge in [-0.3, -0.25) is 4.79 Å². The fraction of sp³-hybridized carbons (Fsp3) is 0.382. The van der Waals surface area contributed by atoms with Crippen LogP contribution in [0.4, 0.5) is 4.79 Å². The molecule has 228 valence electrons. The zero-order valence-electron chi connectivity index (χ0n) is 25.8. The monoisotopic (exact) mass is 602 g/mol. The summed E-state index contributed by atoms with van der Waals surface area (Å²) in [5.41, 5.74) is 5.29. The first-order valence-electron chi connectivity index (χ1n) is 14.6. The lowest BCUT2D eigenvalue weighted by Crippen LogP contribution is -2.55.